The Bertz CT molecular complexity index is 1360. The van der Waals surface area contributed by atoms with Crippen LogP contribution in [0.15, 0.2) is 54.6 Å². The lowest BCUT2D eigenvalue weighted by atomic mass is 9.79. The third-order valence-electron chi connectivity index (χ3n) is 9.49. The first-order chi connectivity index (χ1) is 26.5. The summed E-state index contributed by atoms with van der Waals surface area (Å²) in [5.41, 5.74) is 1.00. The van der Waals surface area contributed by atoms with Gasteiger partial charge in [-0.3, -0.25) is 4.79 Å². The summed E-state index contributed by atoms with van der Waals surface area (Å²) >= 11 is 0. The van der Waals surface area contributed by atoms with E-state index in [1.165, 1.54) is 0 Å². The Labute approximate surface area is 322 Å². The predicted molar refractivity (Wildman–Crippen MR) is 200 cm³/mol. The van der Waals surface area contributed by atoms with E-state index >= 15 is 0 Å². The number of amides is 1. The quantitative estimate of drug-likeness (QED) is 0.0280. The number of unbranched alkanes of at least 4 members (excludes halogenated alkanes) is 2. The predicted octanol–water partition coefficient (Wildman–Crippen LogP) is 7.19. The van der Waals surface area contributed by atoms with Gasteiger partial charge in [0.1, 0.15) is 18.3 Å². The lowest BCUT2D eigenvalue weighted by Crippen LogP contribution is -2.31. The number of nitrogens with zero attached hydrogens (tertiary/aromatic N) is 3. The monoisotopic (exact) mass is 776 g/mol. The molecule has 1 N–H and O–H groups in total. The Morgan fingerprint density at radius 2 is 1.55 bits per heavy atom. The van der Waals surface area contributed by atoms with Crippen LogP contribution in [0.1, 0.15) is 89.5 Å². The van der Waals surface area contributed by atoms with Crippen LogP contribution in [-0.4, -0.2) is 65.4 Å². The van der Waals surface area contributed by atoms with E-state index in [1.807, 2.05) is 55.5 Å². The minimum absolute atomic E-state index is 0.0368. The molecule has 1 amide bonds. The molecule has 0 bridgehead atoms. The highest BCUT2D eigenvalue weighted by Gasteiger charge is 2.48. The molecule has 1 fully saturated rings. The van der Waals surface area contributed by atoms with Gasteiger partial charge >= 0.3 is 6.16 Å². The molecule has 0 aliphatic heterocycles. The molecular weight excluding hydrogens is 720 g/mol. The molecule has 0 saturated heterocycles. The normalized spacial score (nSPS) is 19.7. The fourth-order valence-corrected chi connectivity index (χ4v) is 7.10. The van der Waals surface area contributed by atoms with Gasteiger partial charge in [0.15, 0.2) is 0 Å². The molecule has 306 valence electrons. The first kappa shape index (κ1) is 46.2. The molecule has 1 saturated carbocycles. The van der Waals surface area contributed by atoms with E-state index in [0.29, 0.717) is 70.8 Å². The van der Waals surface area contributed by atoms with Crippen LogP contribution in [-0.2, 0) is 35.2 Å². The summed E-state index contributed by atoms with van der Waals surface area (Å²) < 4.78 is 11.0. The third-order valence-corrected chi connectivity index (χ3v) is 9.49. The third kappa shape index (κ3) is 18.8. The molecule has 1 aromatic carbocycles. The number of benzene rings is 1. The molecule has 2 radical (unpaired) electrons. The zero-order valence-electron chi connectivity index (χ0n) is 31.6. The molecule has 1 aromatic rings. The number of nitrogens with one attached hydrogen (secondary N) is 1. The average molecular weight is 777 g/mol. The van der Waals surface area contributed by atoms with Crippen molar-refractivity contribution in [2.45, 2.75) is 109 Å². The molecular formula is C38H56N4O13. The van der Waals surface area contributed by atoms with Crippen LogP contribution in [0.3, 0.4) is 0 Å². The van der Waals surface area contributed by atoms with Crippen LogP contribution in [0.2, 0.25) is 0 Å². The summed E-state index contributed by atoms with van der Waals surface area (Å²) in [6.07, 6.45) is 9.21. The van der Waals surface area contributed by atoms with Crippen LogP contribution in [0, 0.1) is 67.9 Å². The summed E-state index contributed by atoms with van der Waals surface area (Å²) in [5, 5.41) is 34.0. The van der Waals surface area contributed by atoms with Gasteiger partial charge in [-0.25, -0.2) is 4.79 Å². The number of ether oxygens (including phenoxy) is 2. The van der Waals surface area contributed by atoms with Gasteiger partial charge in [-0.2, -0.15) is 0 Å². The van der Waals surface area contributed by atoms with Gasteiger partial charge in [0.2, 0.25) is 5.91 Å². The molecule has 2 unspecified atom stereocenters. The van der Waals surface area contributed by atoms with Crippen LogP contribution in [0.25, 0.3) is 0 Å². The van der Waals surface area contributed by atoms with Crippen molar-refractivity contribution in [3.63, 3.8) is 0 Å². The fourth-order valence-electron chi connectivity index (χ4n) is 7.10. The maximum atomic E-state index is 12.8. The van der Waals surface area contributed by atoms with Gasteiger partial charge in [-0.05, 0) is 106 Å². The van der Waals surface area contributed by atoms with Crippen LogP contribution in [0.4, 0.5) is 4.79 Å². The van der Waals surface area contributed by atoms with Crippen molar-refractivity contribution in [1.29, 1.82) is 0 Å². The minimum atomic E-state index is -0.938. The summed E-state index contributed by atoms with van der Waals surface area (Å²) in [6, 6.07) is 9.57. The van der Waals surface area contributed by atoms with Gasteiger partial charge in [0, 0.05) is 13.0 Å². The van der Waals surface area contributed by atoms with E-state index in [0.717, 1.165) is 5.56 Å². The lowest BCUT2D eigenvalue weighted by molar-refractivity contribution is -0.772. The Morgan fingerprint density at radius 3 is 2.16 bits per heavy atom. The number of carbonyl (C=O) groups excluding carboxylic acids is 2. The highest BCUT2D eigenvalue weighted by Crippen LogP contribution is 2.50. The van der Waals surface area contributed by atoms with E-state index in [9.17, 15) is 39.9 Å². The molecule has 55 heavy (non-hydrogen) atoms. The fraction of sp³-hybridized carbons (Fsp3) is 0.632. The zero-order valence-corrected chi connectivity index (χ0v) is 31.6. The second-order valence-corrected chi connectivity index (χ2v) is 13.3. The highest BCUT2D eigenvalue weighted by molar-refractivity contribution is 5.75. The summed E-state index contributed by atoms with van der Waals surface area (Å²) in [4.78, 5) is 73.2. The zero-order chi connectivity index (χ0) is 40.4. The van der Waals surface area contributed by atoms with Crippen molar-refractivity contribution in [2.24, 2.45) is 23.7 Å². The molecule has 0 spiro atoms. The van der Waals surface area contributed by atoms with E-state index in [-0.39, 0.29) is 44.3 Å². The first-order valence-corrected chi connectivity index (χ1v) is 18.9. The minimum Gasteiger partial charge on any atom is -0.434 e. The molecule has 17 nitrogen and oxygen atoms in total. The Kier molecular flexibility index (Phi) is 22.5. The maximum absolute atomic E-state index is 12.8. The van der Waals surface area contributed by atoms with Crippen molar-refractivity contribution in [3.8, 4) is 0 Å². The van der Waals surface area contributed by atoms with E-state index in [2.05, 4.69) is 24.0 Å². The number of allylic oxidation sites excluding steroid dienone is 3. The summed E-state index contributed by atoms with van der Waals surface area (Å²) in [6.45, 7) is 10.00. The van der Waals surface area contributed by atoms with Gasteiger partial charge in [-0.1, -0.05) is 75.2 Å². The van der Waals surface area contributed by atoms with Gasteiger partial charge in [0.05, 0.1) is 13.2 Å². The lowest BCUT2D eigenvalue weighted by Gasteiger charge is -2.29. The molecule has 0 aromatic heterocycles. The smallest absolute Gasteiger partial charge is 0.434 e. The number of carbonyl (C=O) groups is 2. The maximum Gasteiger partial charge on any atom is 0.508 e. The molecule has 17 heteroatoms. The molecule has 0 heterocycles. The van der Waals surface area contributed by atoms with Crippen LogP contribution < -0.4 is 5.32 Å². The van der Waals surface area contributed by atoms with E-state index in [4.69, 9.17) is 19.1 Å². The van der Waals surface area contributed by atoms with Crippen molar-refractivity contribution in [3.05, 3.63) is 104 Å². The number of rotatable bonds is 29. The molecule has 1 aliphatic rings. The van der Waals surface area contributed by atoms with E-state index in [1.54, 1.807) is 6.08 Å². The van der Waals surface area contributed by atoms with Gasteiger partial charge in [-0.15, -0.1) is 30.3 Å². The SMILES string of the molecule is [CH2]CCC(O[N+](=O)[O-])[C@H]1C[C@@H](C(CC[CH2])O[N+](=O)[O-])[C@H](/C=C/[C@H](CCc2ccccc2)OC(=O)OCCCCO[N+](=O)[O-])[C@H]1C/C=C\CCCC(=O)NCC. The summed E-state index contributed by atoms with van der Waals surface area (Å²) in [7, 11) is 0. The Hall–Kier alpha value is -4.96. The largest absolute Gasteiger partial charge is 0.508 e. The molecule has 7 atom stereocenters. The first-order valence-electron chi connectivity index (χ1n) is 18.9. The molecule has 1 aliphatic carbocycles. The highest BCUT2D eigenvalue weighted by atomic mass is 17.0. The standard InChI is InChI=1S/C38H56N4O13/c1-4-16-35(54-41(47)48)33-28-34(36(17-5-2)55-42(49)50)32(31(33)20-12-7-8-13-21-37(43)39-6-3)25-24-30(23-22-29-18-10-9-11-19-29)53-38(44)51-26-14-15-27-52-40(45)46/h7,9-12,18-19,24-25,30-36H,1-2,4-6,8,13-17,20-23,26-28H2,3H3,(H,39,43)/b12-7-,25-24+/t30-,31+,32+,33-,34+,35?,36?/m0/s1. The van der Waals surface area contributed by atoms with Crippen molar-refractivity contribution < 1.29 is 48.8 Å². The topological polar surface area (TPSA) is 222 Å². The second kappa shape index (κ2) is 26.8. The Balaban J connectivity index is 2.46. The second-order valence-electron chi connectivity index (χ2n) is 13.3. The van der Waals surface area contributed by atoms with Crippen molar-refractivity contribution >= 4 is 12.1 Å². The van der Waals surface area contributed by atoms with Crippen LogP contribution in [0.5, 0.6) is 0 Å². The average Bonchev–Trinajstić information content (AvgIpc) is 3.49. The van der Waals surface area contributed by atoms with Crippen molar-refractivity contribution in [2.75, 3.05) is 19.8 Å². The number of aryl methyl sites for hydroxylation is 1. The Morgan fingerprint density at radius 1 is 0.891 bits per heavy atom. The van der Waals surface area contributed by atoms with Crippen LogP contribution >= 0.6 is 0 Å². The van der Waals surface area contributed by atoms with Gasteiger partial charge < -0.3 is 29.3 Å². The van der Waals surface area contributed by atoms with Crippen molar-refractivity contribution in [1.82, 2.24) is 5.32 Å². The van der Waals surface area contributed by atoms with Gasteiger partial charge in [0.25, 0.3) is 15.3 Å². The number of hydrogen-bond donors (Lipinski definition) is 1. The number of hydrogen-bond acceptors (Lipinski definition) is 13. The molecule has 2 rings (SSSR count). The summed E-state index contributed by atoms with van der Waals surface area (Å²) in [5.74, 6) is -1.66. The van der Waals surface area contributed by atoms with E-state index < -0.39 is 57.5 Å².